The molecule has 0 spiro atoms. The first-order valence-electron chi connectivity index (χ1n) is 5.51. The zero-order valence-corrected chi connectivity index (χ0v) is 10.2. The Labute approximate surface area is 104 Å². The minimum absolute atomic E-state index is 0.000940. The maximum atomic E-state index is 12.9. The summed E-state index contributed by atoms with van der Waals surface area (Å²) in [6.07, 6.45) is 0.544. The van der Waals surface area contributed by atoms with Crippen molar-refractivity contribution in [3.8, 4) is 11.5 Å². The number of nitrogen functional groups attached to an aromatic ring is 1. The van der Waals surface area contributed by atoms with Gasteiger partial charge in [0, 0.05) is 19.2 Å². The molecule has 0 bridgehead atoms. The third-order valence-corrected chi connectivity index (χ3v) is 2.58. The fraction of sp³-hybridized carbons (Fsp3) is 0.333. The van der Waals surface area contributed by atoms with Gasteiger partial charge in [0.15, 0.2) is 5.82 Å². The van der Waals surface area contributed by atoms with E-state index >= 15 is 0 Å². The fourth-order valence-corrected chi connectivity index (χ4v) is 1.52. The van der Waals surface area contributed by atoms with Crippen LogP contribution in [-0.2, 0) is 11.2 Å². The number of benzene rings is 1. The summed E-state index contributed by atoms with van der Waals surface area (Å²) < 4.78 is 23.1. The third-order valence-electron chi connectivity index (χ3n) is 2.58. The van der Waals surface area contributed by atoms with Gasteiger partial charge in [-0.25, -0.2) is 4.39 Å². The first kappa shape index (κ1) is 12.5. The molecule has 18 heavy (non-hydrogen) atoms. The zero-order valence-electron chi connectivity index (χ0n) is 10.2. The molecular weight excluding hydrogens is 237 g/mol. The third kappa shape index (κ3) is 2.65. The van der Waals surface area contributed by atoms with Gasteiger partial charge in [-0.05, 0) is 25.1 Å². The van der Waals surface area contributed by atoms with Crippen molar-refractivity contribution >= 4 is 5.69 Å². The number of ether oxygens (including phenoxy) is 1. The van der Waals surface area contributed by atoms with Crippen molar-refractivity contribution in [3.63, 3.8) is 0 Å². The molecule has 1 aromatic heterocycles. The summed E-state index contributed by atoms with van der Waals surface area (Å²) in [6, 6.07) is 4.03. The number of rotatable bonds is 4. The van der Waals surface area contributed by atoms with Gasteiger partial charge in [0.1, 0.15) is 5.82 Å². The molecule has 0 saturated heterocycles. The molecule has 0 aliphatic heterocycles. The van der Waals surface area contributed by atoms with E-state index in [2.05, 4.69) is 10.1 Å². The molecule has 1 unspecified atom stereocenters. The zero-order chi connectivity index (χ0) is 13.1. The molecule has 0 radical (unpaired) electrons. The topological polar surface area (TPSA) is 74.2 Å². The maximum Gasteiger partial charge on any atom is 0.260 e. The second-order valence-electron chi connectivity index (χ2n) is 4.00. The highest BCUT2D eigenvalue weighted by molar-refractivity contribution is 5.70. The summed E-state index contributed by atoms with van der Waals surface area (Å²) in [6.45, 7) is 1.91. The summed E-state index contributed by atoms with van der Waals surface area (Å²) in [7, 11) is 1.61. The summed E-state index contributed by atoms with van der Waals surface area (Å²) in [5.74, 6) is 0.415. The van der Waals surface area contributed by atoms with Gasteiger partial charge in [0.2, 0.25) is 0 Å². The van der Waals surface area contributed by atoms with E-state index < -0.39 is 5.82 Å². The van der Waals surface area contributed by atoms with E-state index in [1.165, 1.54) is 18.2 Å². The van der Waals surface area contributed by atoms with Crippen LogP contribution in [0.4, 0.5) is 10.1 Å². The van der Waals surface area contributed by atoms with Crippen molar-refractivity contribution in [2.24, 2.45) is 0 Å². The van der Waals surface area contributed by atoms with Gasteiger partial charge in [-0.1, -0.05) is 5.16 Å². The Morgan fingerprint density at radius 2 is 2.28 bits per heavy atom. The van der Waals surface area contributed by atoms with Crippen LogP contribution < -0.4 is 5.73 Å². The average molecular weight is 251 g/mol. The summed E-state index contributed by atoms with van der Waals surface area (Å²) in [4.78, 5) is 4.20. The van der Waals surface area contributed by atoms with Crippen molar-refractivity contribution in [1.82, 2.24) is 10.1 Å². The van der Waals surface area contributed by atoms with Crippen LogP contribution in [0.1, 0.15) is 12.7 Å². The second kappa shape index (κ2) is 5.14. The Morgan fingerprint density at radius 1 is 1.50 bits per heavy atom. The maximum absolute atomic E-state index is 12.9. The van der Waals surface area contributed by atoms with Crippen LogP contribution in [0.15, 0.2) is 22.7 Å². The lowest BCUT2D eigenvalue weighted by atomic mass is 10.2. The van der Waals surface area contributed by atoms with Crippen molar-refractivity contribution in [3.05, 3.63) is 29.8 Å². The van der Waals surface area contributed by atoms with E-state index in [1.807, 2.05) is 6.92 Å². The van der Waals surface area contributed by atoms with Crippen LogP contribution in [0.2, 0.25) is 0 Å². The Bertz CT molecular complexity index is 542. The summed E-state index contributed by atoms with van der Waals surface area (Å²) in [5, 5.41) is 3.83. The van der Waals surface area contributed by atoms with Crippen LogP contribution >= 0.6 is 0 Å². The van der Waals surface area contributed by atoms with Crippen molar-refractivity contribution < 1.29 is 13.7 Å². The van der Waals surface area contributed by atoms with Gasteiger partial charge < -0.3 is 15.0 Å². The number of anilines is 1. The van der Waals surface area contributed by atoms with Crippen LogP contribution in [0, 0.1) is 5.82 Å². The number of hydrogen-bond donors (Lipinski definition) is 1. The molecule has 1 heterocycles. The molecule has 0 amide bonds. The molecule has 2 rings (SSSR count). The minimum Gasteiger partial charge on any atom is -0.398 e. The summed E-state index contributed by atoms with van der Waals surface area (Å²) in [5.41, 5.74) is 6.49. The Morgan fingerprint density at radius 3 is 2.94 bits per heavy atom. The van der Waals surface area contributed by atoms with E-state index in [1.54, 1.807) is 7.11 Å². The lowest BCUT2D eigenvalue weighted by molar-refractivity contribution is 0.116. The smallest absolute Gasteiger partial charge is 0.260 e. The monoisotopic (exact) mass is 251 g/mol. The van der Waals surface area contributed by atoms with E-state index in [-0.39, 0.29) is 17.7 Å². The number of nitrogens with zero attached hydrogens (tertiary/aromatic N) is 2. The van der Waals surface area contributed by atoms with Gasteiger partial charge >= 0.3 is 0 Å². The molecule has 1 atom stereocenters. The van der Waals surface area contributed by atoms with E-state index in [4.69, 9.17) is 15.0 Å². The van der Waals surface area contributed by atoms with Crippen LogP contribution in [0.3, 0.4) is 0 Å². The Kier molecular flexibility index (Phi) is 3.57. The Hall–Kier alpha value is -1.95. The number of nitrogens with two attached hydrogens (primary N) is 1. The molecule has 0 saturated carbocycles. The molecule has 1 aromatic carbocycles. The Balaban J connectivity index is 2.24. The molecule has 6 heteroatoms. The first-order chi connectivity index (χ1) is 8.60. The largest absolute Gasteiger partial charge is 0.398 e. The first-order valence-corrected chi connectivity index (χ1v) is 5.51. The molecule has 2 N–H and O–H groups in total. The molecule has 96 valence electrons. The number of halogens is 1. The van der Waals surface area contributed by atoms with E-state index in [0.29, 0.717) is 17.8 Å². The van der Waals surface area contributed by atoms with Gasteiger partial charge in [0.25, 0.3) is 5.89 Å². The lowest BCUT2D eigenvalue weighted by Gasteiger charge is -2.04. The normalized spacial score (nSPS) is 12.6. The highest BCUT2D eigenvalue weighted by atomic mass is 19.1. The van der Waals surface area contributed by atoms with Gasteiger partial charge in [-0.15, -0.1) is 0 Å². The second-order valence-corrected chi connectivity index (χ2v) is 4.00. The number of methoxy groups -OCH3 is 1. The lowest BCUT2D eigenvalue weighted by Crippen LogP contribution is -2.09. The van der Waals surface area contributed by atoms with E-state index in [0.717, 1.165) is 0 Å². The average Bonchev–Trinajstić information content (AvgIpc) is 2.77. The van der Waals surface area contributed by atoms with Crippen LogP contribution in [0.5, 0.6) is 0 Å². The summed E-state index contributed by atoms with van der Waals surface area (Å²) >= 11 is 0. The van der Waals surface area contributed by atoms with Crippen molar-refractivity contribution in [2.45, 2.75) is 19.4 Å². The van der Waals surface area contributed by atoms with Gasteiger partial charge in [-0.2, -0.15) is 4.98 Å². The number of aromatic nitrogens is 2. The highest BCUT2D eigenvalue weighted by Crippen LogP contribution is 2.25. The van der Waals surface area contributed by atoms with Gasteiger partial charge in [0.05, 0.1) is 11.7 Å². The minimum atomic E-state index is -0.399. The predicted octanol–water partition coefficient (Wildman–Crippen LogP) is 2.04. The molecule has 2 aromatic rings. The number of hydrogen-bond acceptors (Lipinski definition) is 5. The van der Waals surface area contributed by atoms with Gasteiger partial charge in [-0.3, -0.25) is 0 Å². The van der Waals surface area contributed by atoms with E-state index in [9.17, 15) is 4.39 Å². The predicted molar refractivity (Wildman–Crippen MR) is 64.3 cm³/mol. The molecule has 0 fully saturated rings. The molecule has 0 aliphatic carbocycles. The van der Waals surface area contributed by atoms with Crippen molar-refractivity contribution in [1.29, 1.82) is 0 Å². The quantitative estimate of drug-likeness (QED) is 0.841. The van der Waals surface area contributed by atoms with Crippen molar-refractivity contribution in [2.75, 3.05) is 12.8 Å². The molecular formula is C12H14FN3O2. The van der Waals surface area contributed by atoms with Crippen LogP contribution in [0.25, 0.3) is 11.5 Å². The molecule has 0 aliphatic rings. The highest BCUT2D eigenvalue weighted by Gasteiger charge is 2.14. The van der Waals surface area contributed by atoms with Crippen LogP contribution in [-0.4, -0.2) is 23.4 Å². The molecule has 5 nitrogen and oxygen atoms in total. The fourth-order valence-electron chi connectivity index (χ4n) is 1.52. The standard InChI is InChI=1S/C12H14FN3O2/c1-7(17-2)5-11-15-12(18-16-11)9-4-3-8(13)6-10(9)14/h3-4,6-7H,5,14H2,1-2H3. The SMILES string of the molecule is COC(C)Cc1noc(-c2ccc(F)cc2N)n1.